The topological polar surface area (TPSA) is 85.2 Å². The zero-order chi connectivity index (χ0) is 25.4. The molecule has 7 nitrogen and oxygen atoms in total. The number of anilines is 2. The Kier molecular flexibility index (Phi) is 6.50. The number of hydrogen-bond donors (Lipinski definition) is 2. The fourth-order valence-electron chi connectivity index (χ4n) is 4.88. The Morgan fingerprint density at radius 1 is 1.22 bits per heavy atom. The molecule has 0 fully saturated rings. The summed E-state index contributed by atoms with van der Waals surface area (Å²) < 4.78 is 48.0. The number of thiophene rings is 1. The van der Waals surface area contributed by atoms with Crippen LogP contribution in [-0.4, -0.2) is 34.4 Å². The molecule has 3 aromatic rings. The molecule has 5 rings (SSSR count). The smallest absolute Gasteiger partial charge is 0.410 e. The highest BCUT2D eigenvalue weighted by Gasteiger charge is 2.47. The average molecular weight is 519 g/mol. The molecule has 2 aliphatic rings. The zero-order valence-corrected chi connectivity index (χ0v) is 20.3. The van der Waals surface area contributed by atoms with E-state index in [1.165, 1.54) is 11.3 Å². The van der Waals surface area contributed by atoms with Gasteiger partial charge in [-0.15, -0.1) is 11.3 Å². The average Bonchev–Trinajstić information content (AvgIpc) is 3.44. The van der Waals surface area contributed by atoms with Crippen molar-refractivity contribution in [3.63, 3.8) is 0 Å². The molecule has 1 aromatic carbocycles. The number of nitrogens with zero attached hydrogens (tertiary/aromatic N) is 2. The standard InChI is InChI=1S/C25H25F3N4O3S/c1-2-35-24(34)20-15-10-6-7-11-18(15)36-23(20)31-22(33)16-13-29-32-19(25(26,27)28)12-17(30-21(16)32)14-8-4-3-5-9-14/h3-5,8-9,13,17,19,30H,2,6-7,10-12H2,1H3,(H,31,33)/t17-,19-/m0/s1. The van der Waals surface area contributed by atoms with Crippen LogP contribution in [0.25, 0.3) is 0 Å². The van der Waals surface area contributed by atoms with Crippen LogP contribution in [-0.2, 0) is 17.6 Å². The van der Waals surface area contributed by atoms with Gasteiger partial charge >= 0.3 is 12.1 Å². The number of nitrogens with one attached hydrogen (secondary N) is 2. The third-order valence-corrected chi connectivity index (χ3v) is 7.77. The van der Waals surface area contributed by atoms with Gasteiger partial charge in [-0.05, 0) is 43.7 Å². The van der Waals surface area contributed by atoms with Crippen LogP contribution in [0.2, 0.25) is 0 Å². The molecular formula is C25H25F3N4O3S. The van der Waals surface area contributed by atoms with Gasteiger partial charge in [-0.3, -0.25) is 4.79 Å². The van der Waals surface area contributed by atoms with Crippen molar-refractivity contribution in [3.05, 3.63) is 63.7 Å². The first-order chi connectivity index (χ1) is 17.3. The maximum Gasteiger partial charge on any atom is 0.410 e. The Hall–Kier alpha value is -3.34. The molecule has 2 atom stereocenters. The quantitative estimate of drug-likeness (QED) is 0.410. The van der Waals surface area contributed by atoms with E-state index in [4.69, 9.17) is 4.74 Å². The van der Waals surface area contributed by atoms with E-state index in [1.807, 2.05) is 0 Å². The molecule has 2 N–H and O–H groups in total. The molecule has 1 amide bonds. The summed E-state index contributed by atoms with van der Waals surface area (Å²) in [6.45, 7) is 1.90. The summed E-state index contributed by atoms with van der Waals surface area (Å²) in [6, 6.07) is 6.27. The normalized spacial score (nSPS) is 19.1. The molecule has 2 aromatic heterocycles. The van der Waals surface area contributed by atoms with Gasteiger partial charge in [0.2, 0.25) is 0 Å². The van der Waals surface area contributed by atoms with E-state index < -0.39 is 30.1 Å². The summed E-state index contributed by atoms with van der Waals surface area (Å²) in [6.07, 6.45) is -0.220. The summed E-state index contributed by atoms with van der Waals surface area (Å²) in [5.41, 5.74) is 1.89. The van der Waals surface area contributed by atoms with E-state index in [0.717, 1.165) is 40.6 Å². The lowest BCUT2D eigenvalue weighted by Crippen LogP contribution is -2.36. The lowest BCUT2D eigenvalue weighted by molar-refractivity contribution is -0.173. The van der Waals surface area contributed by atoms with Crippen molar-refractivity contribution in [1.82, 2.24) is 9.78 Å². The van der Waals surface area contributed by atoms with Crippen LogP contribution in [0.5, 0.6) is 0 Å². The highest BCUT2D eigenvalue weighted by Crippen LogP contribution is 2.45. The second-order valence-corrected chi connectivity index (χ2v) is 9.95. The number of rotatable bonds is 5. The molecule has 3 heterocycles. The number of carbonyl (C=O) groups is 2. The maximum absolute atomic E-state index is 14.0. The number of aryl methyl sites for hydroxylation is 1. The van der Waals surface area contributed by atoms with E-state index in [0.29, 0.717) is 22.5 Å². The molecule has 190 valence electrons. The van der Waals surface area contributed by atoms with Crippen LogP contribution >= 0.6 is 11.3 Å². The molecule has 0 saturated carbocycles. The van der Waals surface area contributed by atoms with Crippen molar-refractivity contribution in [2.45, 2.75) is 57.3 Å². The SMILES string of the molecule is CCOC(=O)c1c(NC(=O)c2cnn3c2N[C@H](c2ccccc2)C[C@H]3C(F)(F)F)sc2c1CCCC2. The van der Waals surface area contributed by atoms with E-state index >= 15 is 0 Å². The molecule has 1 aliphatic heterocycles. The van der Waals surface area contributed by atoms with Gasteiger partial charge in [0, 0.05) is 11.3 Å². The van der Waals surface area contributed by atoms with Crippen LogP contribution in [0.1, 0.15) is 75.0 Å². The molecule has 0 saturated heterocycles. The van der Waals surface area contributed by atoms with Crippen molar-refractivity contribution < 1.29 is 27.5 Å². The number of ether oxygens (including phenoxy) is 1. The summed E-state index contributed by atoms with van der Waals surface area (Å²) in [5, 5.41) is 10.1. The van der Waals surface area contributed by atoms with Gasteiger partial charge < -0.3 is 15.4 Å². The van der Waals surface area contributed by atoms with Crippen LogP contribution in [0.15, 0.2) is 36.5 Å². The Balaban J connectivity index is 1.49. The number of aromatic nitrogens is 2. The molecule has 0 unspecified atom stereocenters. The molecule has 0 radical (unpaired) electrons. The van der Waals surface area contributed by atoms with Crippen molar-refractivity contribution in [2.24, 2.45) is 0 Å². The Labute approximate surface area is 209 Å². The second-order valence-electron chi connectivity index (χ2n) is 8.84. The van der Waals surface area contributed by atoms with E-state index in [-0.39, 0.29) is 24.4 Å². The molecule has 0 bridgehead atoms. The number of hydrogen-bond acceptors (Lipinski definition) is 6. The maximum atomic E-state index is 14.0. The van der Waals surface area contributed by atoms with Crippen molar-refractivity contribution in [3.8, 4) is 0 Å². The van der Waals surface area contributed by atoms with Crippen molar-refractivity contribution >= 4 is 34.0 Å². The highest BCUT2D eigenvalue weighted by atomic mass is 32.1. The number of alkyl halides is 3. The Morgan fingerprint density at radius 2 is 1.97 bits per heavy atom. The largest absolute Gasteiger partial charge is 0.462 e. The van der Waals surface area contributed by atoms with Crippen LogP contribution < -0.4 is 10.6 Å². The number of carbonyl (C=O) groups excluding carboxylic acids is 2. The molecule has 1 aliphatic carbocycles. The predicted molar refractivity (Wildman–Crippen MR) is 130 cm³/mol. The van der Waals surface area contributed by atoms with Gasteiger partial charge in [0.15, 0.2) is 6.04 Å². The monoisotopic (exact) mass is 518 g/mol. The summed E-state index contributed by atoms with van der Waals surface area (Å²) in [4.78, 5) is 27.1. The minimum absolute atomic E-state index is 0.00562. The summed E-state index contributed by atoms with van der Waals surface area (Å²) >= 11 is 1.32. The zero-order valence-electron chi connectivity index (χ0n) is 19.5. The minimum atomic E-state index is -4.55. The number of benzene rings is 1. The lowest BCUT2D eigenvalue weighted by atomic mass is 9.95. The van der Waals surface area contributed by atoms with Crippen molar-refractivity contribution in [1.29, 1.82) is 0 Å². The first kappa shape index (κ1) is 24.4. The van der Waals surface area contributed by atoms with Gasteiger partial charge in [-0.1, -0.05) is 30.3 Å². The molecule has 0 spiro atoms. The molecule has 11 heteroatoms. The fraction of sp³-hybridized carbons (Fsp3) is 0.400. The number of fused-ring (bicyclic) bond motifs is 2. The Bertz CT molecular complexity index is 1290. The van der Waals surface area contributed by atoms with E-state index in [9.17, 15) is 22.8 Å². The predicted octanol–water partition coefficient (Wildman–Crippen LogP) is 5.91. The number of amides is 1. The van der Waals surface area contributed by atoms with Crippen LogP contribution in [0.4, 0.5) is 24.0 Å². The van der Waals surface area contributed by atoms with Crippen LogP contribution in [0, 0.1) is 0 Å². The fourth-order valence-corrected chi connectivity index (χ4v) is 6.15. The van der Waals surface area contributed by atoms with Gasteiger partial charge in [0.05, 0.1) is 24.4 Å². The Morgan fingerprint density at radius 3 is 2.69 bits per heavy atom. The first-order valence-corrected chi connectivity index (χ1v) is 12.7. The van der Waals surface area contributed by atoms with Gasteiger partial charge in [0.1, 0.15) is 16.4 Å². The van der Waals surface area contributed by atoms with E-state index in [2.05, 4.69) is 15.7 Å². The highest BCUT2D eigenvalue weighted by molar-refractivity contribution is 7.17. The van der Waals surface area contributed by atoms with Gasteiger partial charge in [0.25, 0.3) is 5.91 Å². The summed E-state index contributed by atoms with van der Waals surface area (Å²) in [5.74, 6) is -1.15. The second kappa shape index (κ2) is 9.61. The third kappa shape index (κ3) is 4.47. The lowest BCUT2D eigenvalue weighted by Gasteiger charge is -2.34. The molecular weight excluding hydrogens is 493 g/mol. The number of halogens is 3. The van der Waals surface area contributed by atoms with E-state index in [1.54, 1.807) is 37.3 Å². The minimum Gasteiger partial charge on any atom is -0.462 e. The summed E-state index contributed by atoms with van der Waals surface area (Å²) in [7, 11) is 0. The third-order valence-electron chi connectivity index (χ3n) is 6.56. The number of esters is 1. The van der Waals surface area contributed by atoms with Crippen molar-refractivity contribution in [2.75, 3.05) is 17.2 Å². The molecule has 36 heavy (non-hydrogen) atoms. The van der Waals surface area contributed by atoms with Crippen LogP contribution in [0.3, 0.4) is 0 Å². The van der Waals surface area contributed by atoms with Gasteiger partial charge in [-0.2, -0.15) is 18.3 Å². The first-order valence-electron chi connectivity index (χ1n) is 11.9. The van der Waals surface area contributed by atoms with Gasteiger partial charge in [-0.25, -0.2) is 9.48 Å².